The minimum absolute atomic E-state index is 0.0278. The Kier molecular flexibility index (Phi) is 4.92. The van der Waals surface area contributed by atoms with Crippen molar-refractivity contribution >= 4 is 38.3 Å². The van der Waals surface area contributed by atoms with Crippen molar-refractivity contribution in [2.24, 2.45) is 5.14 Å². The van der Waals surface area contributed by atoms with Gasteiger partial charge in [0.1, 0.15) is 10.4 Å². The lowest BCUT2D eigenvalue weighted by Gasteiger charge is -2.00. The molecule has 2 aromatic carbocycles. The fourth-order valence-corrected chi connectivity index (χ4v) is 2.58. The number of fused-ring (bicyclic) bond motifs is 1. The van der Waals surface area contributed by atoms with E-state index < -0.39 is 10.0 Å². The van der Waals surface area contributed by atoms with Gasteiger partial charge in [0.05, 0.1) is 16.2 Å². The average Bonchev–Trinajstić information content (AvgIpc) is 2.48. The van der Waals surface area contributed by atoms with E-state index in [1.165, 1.54) is 12.1 Å². The minimum atomic E-state index is -3.66. The normalized spacial score (nSPS) is 10.8. The monoisotopic (exact) mass is 336 g/mol. The van der Waals surface area contributed by atoms with Crippen LogP contribution in [0.15, 0.2) is 59.8 Å². The van der Waals surface area contributed by atoms with Crippen LogP contribution in [0.3, 0.4) is 0 Å². The number of sulfonamides is 1. The second-order valence-electron chi connectivity index (χ2n) is 4.25. The fraction of sp³-hybridized carbons (Fsp3) is 0. The smallest absolute Gasteiger partial charge is 0.240 e. The third-order valence-corrected chi connectivity index (χ3v) is 3.96. The van der Waals surface area contributed by atoms with Crippen LogP contribution in [-0.4, -0.2) is 18.4 Å². The number of nitrogens with zero attached hydrogens (tertiary/aromatic N) is 2. The molecule has 0 saturated heterocycles. The van der Waals surface area contributed by atoms with E-state index in [9.17, 15) is 8.42 Å². The maximum atomic E-state index is 10.8. The third kappa shape index (κ3) is 3.91. The predicted octanol–water partition coefficient (Wildman–Crippen LogP) is 2.20. The van der Waals surface area contributed by atoms with Gasteiger partial charge in [0.2, 0.25) is 10.0 Å². The van der Waals surface area contributed by atoms with Gasteiger partial charge in [-0.05, 0) is 24.3 Å². The molecule has 0 unspecified atom stereocenters. The molecular weight excluding hydrogens is 324 g/mol. The van der Waals surface area contributed by atoms with Crippen molar-refractivity contribution in [3.8, 4) is 0 Å². The Balaban J connectivity index is 0.000000160. The summed E-state index contributed by atoms with van der Waals surface area (Å²) >= 11 is 5.85. The number of para-hydroxylation sites is 2. The number of rotatable bonds is 1. The number of aromatic nitrogens is 2. The standard InChI is InChI=1S/C8H5ClN2.C6H8N2O2S/c9-6-2-1-3-7-8(6)11-5-4-10-7;7-5-3-1-2-4-6(5)11(8,9)10/h1-5H;1-4H,7H2,(H2,8,9,10). The minimum Gasteiger partial charge on any atom is -0.398 e. The van der Waals surface area contributed by atoms with Crippen LogP contribution >= 0.6 is 11.6 Å². The van der Waals surface area contributed by atoms with Crippen molar-refractivity contribution in [3.63, 3.8) is 0 Å². The number of hydrogen-bond acceptors (Lipinski definition) is 5. The molecule has 1 aromatic heterocycles. The van der Waals surface area contributed by atoms with Gasteiger partial charge < -0.3 is 5.73 Å². The molecule has 8 heteroatoms. The highest BCUT2D eigenvalue weighted by molar-refractivity contribution is 7.89. The molecule has 6 nitrogen and oxygen atoms in total. The Hall–Kier alpha value is -2.22. The largest absolute Gasteiger partial charge is 0.398 e. The maximum Gasteiger partial charge on any atom is 0.240 e. The Bertz CT molecular complexity index is 895. The summed E-state index contributed by atoms with van der Waals surface area (Å²) in [6.07, 6.45) is 3.28. The maximum absolute atomic E-state index is 10.8. The molecule has 0 amide bonds. The number of nitrogens with two attached hydrogens (primary N) is 2. The Morgan fingerprint density at radius 2 is 1.64 bits per heavy atom. The number of nitrogen functional groups attached to an aromatic ring is 1. The van der Waals surface area contributed by atoms with Gasteiger partial charge in [0.25, 0.3) is 0 Å². The summed E-state index contributed by atoms with van der Waals surface area (Å²) in [4.78, 5) is 8.15. The van der Waals surface area contributed by atoms with Gasteiger partial charge in [-0.1, -0.05) is 29.8 Å². The summed E-state index contributed by atoms with van der Waals surface area (Å²) in [5.74, 6) is 0. The van der Waals surface area contributed by atoms with Crippen LogP contribution in [0.25, 0.3) is 11.0 Å². The molecule has 0 saturated carbocycles. The zero-order valence-electron chi connectivity index (χ0n) is 11.3. The van der Waals surface area contributed by atoms with E-state index in [1.807, 2.05) is 12.1 Å². The molecule has 0 spiro atoms. The Morgan fingerprint density at radius 1 is 0.955 bits per heavy atom. The lowest BCUT2D eigenvalue weighted by molar-refractivity contribution is 0.598. The van der Waals surface area contributed by atoms with Crippen LogP contribution in [0.2, 0.25) is 5.02 Å². The van der Waals surface area contributed by atoms with E-state index in [1.54, 1.807) is 30.6 Å². The number of hydrogen-bond donors (Lipinski definition) is 2. The topological polar surface area (TPSA) is 112 Å². The van der Waals surface area contributed by atoms with Crippen LogP contribution in [0, 0.1) is 0 Å². The summed E-state index contributed by atoms with van der Waals surface area (Å²) in [7, 11) is -3.66. The zero-order chi connectivity index (χ0) is 16.2. The van der Waals surface area contributed by atoms with Crippen molar-refractivity contribution in [2.75, 3.05) is 5.73 Å². The van der Waals surface area contributed by atoms with Crippen molar-refractivity contribution in [3.05, 3.63) is 59.9 Å². The van der Waals surface area contributed by atoms with Gasteiger partial charge in [-0.25, -0.2) is 13.6 Å². The molecule has 22 heavy (non-hydrogen) atoms. The molecule has 114 valence electrons. The first-order valence-electron chi connectivity index (χ1n) is 6.12. The molecule has 0 atom stereocenters. The van der Waals surface area contributed by atoms with E-state index in [2.05, 4.69) is 9.97 Å². The molecule has 0 aliphatic rings. The van der Waals surface area contributed by atoms with Gasteiger partial charge in [-0.3, -0.25) is 9.97 Å². The zero-order valence-corrected chi connectivity index (χ0v) is 12.9. The summed E-state index contributed by atoms with van der Waals surface area (Å²) in [6, 6.07) is 11.6. The lowest BCUT2D eigenvalue weighted by atomic mass is 10.3. The van der Waals surface area contributed by atoms with Crippen LogP contribution in [0.5, 0.6) is 0 Å². The number of anilines is 1. The highest BCUT2D eigenvalue weighted by Gasteiger charge is 2.09. The lowest BCUT2D eigenvalue weighted by Crippen LogP contribution is -2.13. The number of benzene rings is 2. The van der Waals surface area contributed by atoms with E-state index >= 15 is 0 Å². The van der Waals surface area contributed by atoms with Crippen LogP contribution in [0.4, 0.5) is 5.69 Å². The number of halogens is 1. The third-order valence-electron chi connectivity index (χ3n) is 2.67. The first-order chi connectivity index (χ1) is 10.4. The van der Waals surface area contributed by atoms with Crippen molar-refractivity contribution in [1.82, 2.24) is 9.97 Å². The van der Waals surface area contributed by atoms with Gasteiger partial charge in [-0.2, -0.15) is 0 Å². The first-order valence-corrected chi connectivity index (χ1v) is 8.04. The van der Waals surface area contributed by atoms with E-state index in [4.69, 9.17) is 22.5 Å². The van der Waals surface area contributed by atoms with Crippen molar-refractivity contribution in [1.29, 1.82) is 0 Å². The molecule has 3 rings (SSSR count). The molecule has 1 heterocycles. The van der Waals surface area contributed by atoms with Crippen LogP contribution < -0.4 is 10.9 Å². The Labute approximate surface area is 132 Å². The molecule has 0 fully saturated rings. The second-order valence-corrected chi connectivity index (χ2v) is 6.18. The number of primary sulfonamides is 1. The average molecular weight is 337 g/mol. The van der Waals surface area contributed by atoms with Gasteiger partial charge >= 0.3 is 0 Å². The molecule has 0 bridgehead atoms. The van der Waals surface area contributed by atoms with E-state index in [-0.39, 0.29) is 10.6 Å². The predicted molar refractivity (Wildman–Crippen MR) is 86.8 cm³/mol. The summed E-state index contributed by atoms with van der Waals surface area (Å²) < 4.78 is 21.5. The molecular formula is C14H13ClN4O2S. The highest BCUT2D eigenvalue weighted by Crippen LogP contribution is 2.18. The van der Waals surface area contributed by atoms with Crippen LogP contribution in [0.1, 0.15) is 0 Å². The second kappa shape index (κ2) is 6.69. The molecule has 0 aliphatic carbocycles. The highest BCUT2D eigenvalue weighted by atomic mass is 35.5. The summed E-state index contributed by atoms with van der Waals surface area (Å²) in [6.45, 7) is 0. The van der Waals surface area contributed by atoms with Crippen molar-refractivity contribution in [2.45, 2.75) is 4.90 Å². The quantitative estimate of drug-likeness (QED) is 0.661. The van der Waals surface area contributed by atoms with E-state index in [0.29, 0.717) is 5.02 Å². The van der Waals surface area contributed by atoms with E-state index in [0.717, 1.165) is 11.0 Å². The first kappa shape index (κ1) is 16.2. The van der Waals surface area contributed by atoms with Crippen molar-refractivity contribution < 1.29 is 8.42 Å². The molecule has 3 aromatic rings. The molecule has 0 aliphatic heterocycles. The summed E-state index contributed by atoms with van der Waals surface area (Å²) in [5, 5.41) is 5.50. The SMILES string of the molecule is Clc1cccc2nccnc12.Nc1ccccc1S(N)(=O)=O. The Morgan fingerprint density at radius 3 is 2.23 bits per heavy atom. The molecule has 4 N–H and O–H groups in total. The van der Waals surface area contributed by atoms with Crippen LogP contribution in [-0.2, 0) is 10.0 Å². The van der Waals surface area contributed by atoms with Gasteiger partial charge in [0, 0.05) is 12.4 Å². The molecule has 0 radical (unpaired) electrons. The fourth-order valence-electron chi connectivity index (χ4n) is 1.70. The summed E-state index contributed by atoms with van der Waals surface area (Å²) in [5.41, 5.74) is 7.12. The van der Waals surface area contributed by atoms with Gasteiger partial charge in [-0.15, -0.1) is 0 Å². The van der Waals surface area contributed by atoms with Gasteiger partial charge in [0.15, 0.2) is 0 Å².